The molecule has 2 aromatic carbocycles. The molecule has 7 nitrogen and oxygen atoms in total. The molecule has 1 aliphatic rings. The number of nitriles is 1. The number of benzene rings is 2. The van der Waals surface area contributed by atoms with Crippen molar-refractivity contribution in [1.82, 2.24) is 5.32 Å². The molecule has 0 radical (unpaired) electrons. The van der Waals surface area contributed by atoms with Crippen LogP contribution in [0.15, 0.2) is 53.1 Å². The second-order valence-electron chi connectivity index (χ2n) is 7.14. The number of carbonyl (C=O) groups excluding carboxylic acids is 3. The lowest BCUT2D eigenvalue weighted by Crippen LogP contribution is -2.44. The summed E-state index contributed by atoms with van der Waals surface area (Å²) < 4.78 is 4.81. The summed E-state index contributed by atoms with van der Waals surface area (Å²) >= 11 is 13.3. The maximum absolute atomic E-state index is 12.9. The van der Waals surface area contributed by atoms with Gasteiger partial charge >= 0.3 is 5.97 Å². The molecule has 1 aliphatic heterocycles. The van der Waals surface area contributed by atoms with Gasteiger partial charge in [0.05, 0.1) is 29.5 Å². The quantitative estimate of drug-likeness (QED) is 0.446. The van der Waals surface area contributed by atoms with E-state index < -0.39 is 23.7 Å². The van der Waals surface area contributed by atoms with Gasteiger partial charge in [0.2, 0.25) is 11.8 Å². The molecule has 10 heteroatoms. The van der Waals surface area contributed by atoms with Gasteiger partial charge in [-0.2, -0.15) is 5.26 Å². The van der Waals surface area contributed by atoms with Crippen molar-refractivity contribution < 1.29 is 19.1 Å². The highest BCUT2D eigenvalue weighted by atomic mass is 35.5. The first-order valence-electron chi connectivity index (χ1n) is 9.73. The predicted octanol–water partition coefficient (Wildman–Crippen LogP) is 4.41. The third-order valence-corrected chi connectivity index (χ3v) is 6.63. The SMILES string of the molecule is COC(=O)[C@H]1C(=O)NC(SCC(=O)Nc2ccccc2C)=C(C#N)[C@H]1c1ccc(Cl)cc1Cl. The average molecular weight is 504 g/mol. The number of methoxy groups -OCH3 is 1. The third-order valence-electron chi connectivity index (χ3n) is 5.05. The summed E-state index contributed by atoms with van der Waals surface area (Å²) in [5.74, 6) is -4.17. The molecule has 0 bridgehead atoms. The number of hydrogen-bond acceptors (Lipinski definition) is 6. The van der Waals surface area contributed by atoms with Gasteiger partial charge in [0.15, 0.2) is 0 Å². The number of nitrogens with one attached hydrogen (secondary N) is 2. The van der Waals surface area contributed by atoms with Crippen LogP contribution in [0.3, 0.4) is 0 Å². The standard InChI is InChI=1S/C23H19Cl2N3O4S/c1-12-5-3-4-6-17(12)27-18(29)11-33-22-15(10-26)19(14-8-7-13(24)9-16(14)25)20(21(30)28-22)23(31)32-2/h3-9,19-20H,11H2,1-2H3,(H,27,29)(H,28,30)/t19-,20-/m1/s1. The zero-order valence-electron chi connectivity index (χ0n) is 17.6. The number of halogens is 2. The highest BCUT2D eigenvalue weighted by molar-refractivity contribution is 8.03. The number of rotatable bonds is 6. The number of para-hydroxylation sites is 1. The first-order chi connectivity index (χ1) is 15.8. The average Bonchev–Trinajstić information content (AvgIpc) is 2.78. The Morgan fingerprint density at radius 1 is 1.24 bits per heavy atom. The second-order valence-corrected chi connectivity index (χ2v) is 8.97. The summed E-state index contributed by atoms with van der Waals surface area (Å²) in [5, 5.41) is 16.1. The molecule has 0 spiro atoms. The first kappa shape index (κ1) is 24.6. The molecule has 0 fully saturated rings. The molecule has 0 saturated heterocycles. The third kappa shape index (κ3) is 5.50. The number of amides is 2. The fraction of sp³-hybridized carbons (Fsp3) is 0.217. The number of anilines is 1. The monoisotopic (exact) mass is 503 g/mol. The minimum absolute atomic E-state index is 0.0703. The molecule has 0 unspecified atom stereocenters. The van der Waals surface area contributed by atoms with Gasteiger partial charge in [0.25, 0.3) is 0 Å². The molecule has 2 atom stereocenters. The summed E-state index contributed by atoms with van der Waals surface area (Å²) in [6.45, 7) is 1.87. The molecule has 0 aliphatic carbocycles. The van der Waals surface area contributed by atoms with E-state index in [4.69, 9.17) is 27.9 Å². The van der Waals surface area contributed by atoms with Crippen LogP contribution >= 0.6 is 35.0 Å². The minimum Gasteiger partial charge on any atom is -0.468 e. The number of nitrogens with zero attached hydrogens (tertiary/aromatic N) is 1. The van der Waals surface area contributed by atoms with E-state index in [-0.39, 0.29) is 27.3 Å². The fourth-order valence-corrected chi connectivity index (χ4v) is 4.82. The Balaban J connectivity index is 1.94. The largest absolute Gasteiger partial charge is 0.468 e. The molecule has 2 N–H and O–H groups in total. The Morgan fingerprint density at radius 3 is 2.61 bits per heavy atom. The topological polar surface area (TPSA) is 108 Å². The van der Waals surface area contributed by atoms with Gasteiger partial charge < -0.3 is 15.4 Å². The Hall–Kier alpha value is -2.99. The molecule has 2 amide bonds. The van der Waals surface area contributed by atoms with Crippen molar-refractivity contribution in [2.75, 3.05) is 18.2 Å². The van der Waals surface area contributed by atoms with Crippen molar-refractivity contribution in [3.05, 3.63) is 74.2 Å². The summed E-state index contributed by atoms with van der Waals surface area (Å²) in [7, 11) is 1.16. The minimum atomic E-state index is -1.33. The van der Waals surface area contributed by atoms with Gasteiger partial charge in [-0.05, 0) is 36.2 Å². The van der Waals surface area contributed by atoms with Crippen LogP contribution < -0.4 is 10.6 Å². The number of allylic oxidation sites excluding steroid dienone is 1. The number of hydrogen-bond donors (Lipinski definition) is 2. The van der Waals surface area contributed by atoms with Gasteiger partial charge in [-0.25, -0.2) is 0 Å². The van der Waals surface area contributed by atoms with Crippen LogP contribution in [-0.2, 0) is 19.1 Å². The van der Waals surface area contributed by atoms with Crippen molar-refractivity contribution >= 4 is 58.4 Å². The van der Waals surface area contributed by atoms with Gasteiger partial charge in [-0.3, -0.25) is 14.4 Å². The molecule has 0 aromatic heterocycles. The smallest absolute Gasteiger partial charge is 0.319 e. The van der Waals surface area contributed by atoms with Crippen LogP contribution in [0.1, 0.15) is 17.0 Å². The van der Waals surface area contributed by atoms with E-state index in [9.17, 15) is 19.6 Å². The van der Waals surface area contributed by atoms with Crippen LogP contribution in [0.4, 0.5) is 5.69 Å². The number of aryl methyl sites for hydroxylation is 1. The van der Waals surface area contributed by atoms with Crippen LogP contribution in [0.25, 0.3) is 0 Å². The van der Waals surface area contributed by atoms with Crippen LogP contribution in [0.5, 0.6) is 0 Å². The highest BCUT2D eigenvalue weighted by Crippen LogP contribution is 2.43. The van der Waals surface area contributed by atoms with E-state index in [1.54, 1.807) is 24.3 Å². The maximum Gasteiger partial charge on any atom is 0.319 e. The fourth-order valence-electron chi connectivity index (χ4n) is 3.45. The van der Waals surface area contributed by atoms with Crippen molar-refractivity contribution in [2.24, 2.45) is 5.92 Å². The molecule has 0 saturated carbocycles. The lowest BCUT2D eigenvalue weighted by atomic mass is 9.78. The van der Waals surface area contributed by atoms with Gasteiger partial charge in [0.1, 0.15) is 5.92 Å². The molecule has 1 heterocycles. The number of thioether (sulfide) groups is 1. The second kappa shape index (κ2) is 10.8. The van der Waals surface area contributed by atoms with Gasteiger partial charge in [-0.15, -0.1) is 0 Å². The maximum atomic E-state index is 12.9. The Labute approximate surface area is 205 Å². The van der Waals surface area contributed by atoms with Gasteiger partial charge in [-0.1, -0.05) is 59.2 Å². The number of carbonyl (C=O) groups is 3. The zero-order chi connectivity index (χ0) is 24.1. The molecule has 170 valence electrons. The molecular formula is C23H19Cl2N3O4S. The number of ether oxygens (including phenoxy) is 1. The summed E-state index contributed by atoms with van der Waals surface area (Å²) in [4.78, 5) is 37.8. The van der Waals surface area contributed by atoms with E-state index >= 15 is 0 Å². The summed E-state index contributed by atoms with van der Waals surface area (Å²) in [6, 6.07) is 14.0. The molecule has 3 rings (SSSR count). The van der Waals surface area contributed by atoms with Crippen molar-refractivity contribution in [1.29, 1.82) is 5.26 Å². The van der Waals surface area contributed by atoms with Crippen LogP contribution in [0.2, 0.25) is 10.0 Å². The van der Waals surface area contributed by atoms with E-state index in [0.29, 0.717) is 16.3 Å². The summed E-state index contributed by atoms with van der Waals surface area (Å²) in [5.41, 5.74) is 2.05. The van der Waals surface area contributed by atoms with E-state index in [1.165, 1.54) is 6.07 Å². The Bertz CT molecular complexity index is 1190. The Kier molecular flexibility index (Phi) is 8.03. The Morgan fingerprint density at radius 2 is 1.97 bits per heavy atom. The number of esters is 1. The van der Waals surface area contributed by atoms with Crippen LogP contribution in [0, 0.1) is 24.2 Å². The van der Waals surface area contributed by atoms with Crippen molar-refractivity contribution in [3.8, 4) is 6.07 Å². The highest BCUT2D eigenvalue weighted by Gasteiger charge is 2.45. The molecule has 2 aromatic rings. The van der Waals surface area contributed by atoms with E-state index in [0.717, 1.165) is 24.4 Å². The first-order valence-corrected chi connectivity index (χ1v) is 11.5. The lowest BCUT2D eigenvalue weighted by molar-refractivity contribution is -0.150. The summed E-state index contributed by atoms with van der Waals surface area (Å²) in [6.07, 6.45) is 0. The van der Waals surface area contributed by atoms with Crippen molar-refractivity contribution in [3.63, 3.8) is 0 Å². The van der Waals surface area contributed by atoms with E-state index in [2.05, 4.69) is 16.7 Å². The lowest BCUT2D eigenvalue weighted by Gasteiger charge is -2.31. The zero-order valence-corrected chi connectivity index (χ0v) is 20.0. The van der Waals surface area contributed by atoms with Crippen molar-refractivity contribution in [2.45, 2.75) is 12.8 Å². The van der Waals surface area contributed by atoms with Gasteiger partial charge in [0, 0.05) is 21.7 Å². The molecule has 33 heavy (non-hydrogen) atoms. The molecular weight excluding hydrogens is 485 g/mol. The van der Waals surface area contributed by atoms with Crippen LogP contribution in [-0.4, -0.2) is 30.6 Å². The predicted molar refractivity (Wildman–Crippen MR) is 128 cm³/mol. The normalized spacial score (nSPS) is 17.7. The van der Waals surface area contributed by atoms with E-state index in [1.807, 2.05) is 19.1 Å².